The summed E-state index contributed by atoms with van der Waals surface area (Å²) in [6.45, 7) is 0. The summed E-state index contributed by atoms with van der Waals surface area (Å²) in [5.41, 5.74) is -0.484. The van der Waals surface area contributed by atoms with Gasteiger partial charge in [0.25, 0.3) is 0 Å². The fourth-order valence-corrected chi connectivity index (χ4v) is 0.693. The topological polar surface area (TPSA) is 20.2 Å². The molecule has 0 spiro atoms. The van der Waals surface area contributed by atoms with Crippen LogP contribution in [-0.2, 0) is 0 Å². The number of thiol groups is 2. The molecule has 0 aromatic rings. The molecule has 0 fully saturated rings. The van der Waals surface area contributed by atoms with Crippen LogP contribution in [0.1, 0.15) is 6.42 Å². The molecule has 0 aliphatic rings. The molecule has 0 amide bonds. The quantitative estimate of drug-likeness (QED) is 0.349. The predicted octanol–water partition coefficient (Wildman–Crippen LogP) is -0.629. The summed E-state index contributed by atoms with van der Waals surface area (Å²) in [5, 5.41) is 8.37. The Morgan fingerprint density at radius 2 is 2.00 bits per heavy atom. The summed E-state index contributed by atoms with van der Waals surface area (Å²) in [4.78, 5) is 0. The summed E-state index contributed by atoms with van der Waals surface area (Å²) in [7, 11) is 0. The zero-order valence-electron chi connectivity index (χ0n) is 4.04. The van der Waals surface area contributed by atoms with Gasteiger partial charge >= 0.3 is 26.2 Å². The zero-order valence-corrected chi connectivity index (χ0v) is 11.3. The Labute approximate surface area is 73.8 Å². The van der Waals surface area contributed by atoms with E-state index in [2.05, 4.69) is 25.3 Å². The first-order valence-electron chi connectivity index (χ1n) is 1.74. The Bertz CT molecular complexity index is 34.1. The molecule has 46 valence electrons. The van der Waals surface area contributed by atoms with Crippen LogP contribution in [0.5, 0.6) is 0 Å². The summed E-state index contributed by atoms with van der Waals surface area (Å²) >= 11 is 7.54. The van der Waals surface area contributed by atoms with Gasteiger partial charge in [-0.15, -0.1) is 12.6 Å². The van der Waals surface area contributed by atoms with Crippen molar-refractivity contribution in [3.05, 3.63) is 0 Å². The van der Waals surface area contributed by atoms with Gasteiger partial charge in [-0.1, -0.05) is 0 Å². The average molecular weight is 336 g/mol. The number of hydrogen-bond donors (Lipinski definition) is 3. The van der Waals surface area contributed by atoms with Gasteiger partial charge in [0.15, 0.2) is 0 Å². The summed E-state index contributed by atoms with van der Waals surface area (Å²) < 4.78 is 0. The normalized spacial score (nSPS) is 12.4. The van der Waals surface area contributed by atoms with Gasteiger partial charge in [0.1, 0.15) is 0 Å². The van der Waals surface area contributed by atoms with Crippen molar-refractivity contribution in [3.8, 4) is 0 Å². The van der Waals surface area contributed by atoms with Crippen LogP contribution in [0.2, 0.25) is 0 Å². The molecule has 1 atom stereocenters. The molecule has 1 N–H and O–H groups in total. The van der Waals surface area contributed by atoms with E-state index in [4.69, 9.17) is 5.11 Å². The first-order chi connectivity index (χ1) is 2.77. The third-order valence-electron chi connectivity index (χ3n) is 0.387. The van der Waals surface area contributed by atoms with Gasteiger partial charge < -0.3 is 5.11 Å². The van der Waals surface area contributed by atoms with E-state index in [0.29, 0.717) is 12.2 Å². The van der Waals surface area contributed by atoms with E-state index in [0.717, 1.165) is 0 Å². The summed E-state index contributed by atoms with van der Waals surface area (Å²) in [6.07, 6.45) is 0.659. The van der Waals surface area contributed by atoms with Crippen molar-refractivity contribution in [2.24, 2.45) is 0 Å². The maximum absolute atomic E-state index is 8.37. The molecule has 1 nitrogen and oxygen atoms in total. The van der Waals surface area contributed by atoms with Gasteiger partial charge in [0.05, 0.1) is 5.44 Å². The van der Waals surface area contributed by atoms with Crippen LogP contribution in [0.25, 0.3) is 0 Å². The minimum absolute atomic E-state index is 0. The third kappa shape index (κ3) is 11.2. The van der Waals surface area contributed by atoms with E-state index >= 15 is 0 Å². The van der Waals surface area contributed by atoms with Crippen LogP contribution >= 0.6 is 25.3 Å². The van der Waals surface area contributed by atoms with Crippen molar-refractivity contribution in [1.29, 1.82) is 0 Å². The number of rotatable bonds is 2. The molecule has 0 aliphatic heterocycles. The second-order valence-electron chi connectivity index (χ2n) is 0.993. The minimum atomic E-state index is -0.484. The van der Waals surface area contributed by atoms with Gasteiger partial charge in [-0.05, 0) is 12.2 Å². The fourth-order valence-electron chi connectivity index (χ4n) is 0.115. The predicted molar refractivity (Wildman–Crippen MR) is 43.4 cm³/mol. The fraction of sp³-hybridized carbons (Fsp3) is 1.00. The Morgan fingerprint density at radius 3 is 2.00 bits per heavy atom. The van der Waals surface area contributed by atoms with Crippen LogP contribution < -0.4 is 0 Å². The molecule has 0 aromatic heterocycles. The van der Waals surface area contributed by atoms with Crippen molar-refractivity contribution >= 4 is 51.5 Å². The van der Waals surface area contributed by atoms with Crippen molar-refractivity contribution in [1.82, 2.24) is 0 Å². The molecule has 0 bridgehead atoms. The Kier molecular flexibility index (Phi) is 12.2. The van der Waals surface area contributed by atoms with Crippen LogP contribution in [0.15, 0.2) is 0 Å². The SMILES string of the molecule is OC(S)CCS.[BiH3]. The molecule has 0 saturated carbocycles. The van der Waals surface area contributed by atoms with E-state index in [9.17, 15) is 0 Å². The van der Waals surface area contributed by atoms with Crippen molar-refractivity contribution in [3.63, 3.8) is 0 Å². The molecule has 0 rings (SSSR count). The monoisotopic (exact) mass is 336 g/mol. The van der Waals surface area contributed by atoms with Gasteiger partial charge in [0, 0.05) is 0 Å². The van der Waals surface area contributed by atoms with Crippen LogP contribution in [0.3, 0.4) is 0 Å². The van der Waals surface area contributed by atoms with Crippen LogP contribution in [0.4, 0.5) is 0 Å². The van der Waals surface area contributed by atoms with E-state index in [1.54, 1.807) is 0 Å². The molecule has 1 unspecified atom stereocenters. The molecule has 0 aliphatic carbocycles. The standard InChI is InChI=1S/C3H8OS2.Bi.3H/c4-3(6)1-2-5;;;;/h3-6H,1-2H2;;;;. The maximum atomic E-state index is 8.37. The van der Waals surface area contributed by atoms with E-state index in [1.807, 2.05) is 0 Å². The van der Waals surface area contributed by atoms with E-state index in [1.165, 1.54) is 0 Å². The van der Waals surface area contributed by atoms with Gasteiger partial charge in [-0.3, -0.25) is 0 Å². The zero-order chi connectivity index (χ0) is 4.99. The number of hydrogen-bond acceptors (Lipinski definition) is 3. The molecular formula is C3H11BiOS2. The second kappa shape index (κ2) is 7.54. The van der Waals surface area contributed by atoms with E-state index < -0.39 is 5.44 Å². The van der Waals surface area contributed by atoms with Crippen molar-refractivity contribution < 1.29 is 5.11 Å². The van der Waals surface area contributed by atoms with E-state index in [-0.39, 0.29) is 26.2 Å². The molecule has 0 aromatic carbocycles. The molecule has 0 heterocycles. The summed E-state index contributed by atoms with van der Waals surface area (Å²) in [5.74, 6) is 0.699. The second-order valence-corrected chi connectivity index (χ2v) is 2.04. The Balaban J connectivity index is 0. The Hall–Kier alpha value is 1.54. The van der Waals surface area contributed by atoms with Crippen LogP contribution in [-0.4, -0.2) is 42.5 Å². The average Bonchev–Trinajstić information content (AvgIpc) is 1.35. The van der Waals surface area contributed by atoms with Gasteiger partial charge in [-0.25, -0.2) is 0 Å². The number of aliphatic hydroxyl groups is 1. The summed E-state index contributed by atoms with van der Waals surface area (Å²) in [6, 6.07) is 0. The van der Waals surface area contributed by atoms with Gasteiger partial charge in [-0.2, -0.15) is 12.6 Å². The molecular weight excluding hydrogens is 325 g/mol. The molecule has 0 radical (unpaired) electrons. The van der Waals surface area contributed by atoms with Gasteiger partial charge in [0.2, 0.25) is 0 Å². The van der Waals surface area contributed by atoms with Crippen LogP contribution in [0, 0.1) is 0 Å². The Morgan fingerprint density at radius 1 is 1.57 bits per heavy atom. The molecule has 0 saturated heterocycles. The van der Waals surface area contributed by atoms with Crippen molar-refractivity contribution in [2.75, 3.05) is 5.75 Å². The first-order valence-corrected chi connectivity index (χ1v) is 2.89. The third-order valence-corrected chi connectivity index (χ3v) is 0.904. The number of aliphatic hydroxyl groups excluding tert-OH is 1. The molecule has 7 heavy (non-hydrogen) atoms. The first kappa shape index (κ1) is 11.4. The van der Waals surface area contributed by atoms with Crippen molar-refractivity contribution in [2.45, 2.75) is 11.9 Å². The molecule has 4 heteroatoms.